The lowest BCUT2D eigenvalue weighted by atomic mass is 10.1. The van der Waals surface area contributed by atoms with Crippen LogP contribution < -0.4 is 10.2 Å². The van der Waals surface area contributed by atoms with Gasteiger partial charge in [-0.1, -0.05) is 20.8 Å². The van der Waals surface area contributed by atoms with Crippen molar-refractivity contribution in [2.24, 2.45) is 5.92 Å². The van der Waals surface area contributed by atoms with Gasteiger partial charge in [-0.15, -0.1) is 0 Å². The van der Waals surface area contributed by atoms with E-state index in [-0.39, 0.29) is 5.69 Å². The third kappa shape index (κ3) is 4.40. The Hall–Kier alpha value is -1.16. The Kier molecular flexibility index (Phi) is 5.57. The molecule has 0 aromatic heterocycles. The molecule has 21 heavy (non-hydrogen) atoms. The molecule has 1 aliphatic rings. The van der Waals surface area contributed by atoms with E-state index in [4.69, 9.17) is 0 Å². The molecular weight excluding hydrogens is 270 g/mol. The highest BCUT2D eigenvalue weighted by molar-refractivity contribution is 5.52. The molecule has 1 aromatic rings. The lowest BCUT2D eigenvalue weighted by Gasteiger charge is -2.27. The van der Waals surface area contributed by atoms with Gasteiger partial charge in [0.15, 0.2) is 0 Å². The summed E-state index contributed by atoms with van der Waals surface area (Å²) in [6.07, 6.45) is 3.07. The van der Waals surface area contributed by atoms with Crippen LogP contribution in [0.5, 0.6) is 0 Å². The fourth-order valence-corrected chi connectivity index (χ4v) is 2.61. The van der Waals surface area contributed by atoms with Crippen molar-refractivity contribution in [1.29, 1.82) is 0 Å². The van der Waals surface area contributed by atoms with Crippen molar-refractivity contribution in [3.05, 3.63) is 29.3 Å². The summed E-state index contributed by atoms with van der Waals surface area (Å²) in [4.78, 5) is 1.92. The van der Waals surface area contributed by atoms with E-state index in [1.807, 2.05) is 4.90 Å². The highest BCUT2D eigenvalue weighted by atomic mass is 19.1. The molecule has 4 heteroatoms. The minimum absolute atomic E-state index is 0.158. The van der Waals surface area contributed by atoms with Crippen LogP contribution in [0, 0.1) is 17.6 Å². The highest BCUT2D eigenvalue weighted by Crippen LogP contribution is 2.35. The van der Waals surface area contributed by atoms with Gasteiger partial charge in [0.05, 0.1) is 0 Å². The molecule has 1 N–H and O–H groups in total. The first-order valence-electron chi connectivity index (χ1n) is 7.98. The average Bonchev–Trinajstić information content (AvgIpc) is 3.20. The molecule has 1 fully saturated rings. The van der Waals surface area contributed by atoms with Crippen molar-refractivity contribution in [2.45, 2.75) is 52.6 Å². The van der Waals surface area contributed by atoms with Gasteiger partial charge in [-0.3, -0.25) is 0 Å². The van der Waals surface area contributed by atoms with Crippen LogP contribution in [0.4, 0.5) is 14.5 Å². The first kappa shape index (κ1) is 16.2. The number of nitrogens with one attached hydrogen (secondary N) is 1. The zero-order chi connectivity index (χ0) is 15.4. The number of halogens is 2. The topological polar surface area (TPSA) is 15.3 Å². The van der Waals surface area contributed by atoms with Crippen LogP contribution in [0.2, 0.25) is 0 Å². The number of hydrogen-bond acceptors (Lipinski definition) is 2. The van der Waals surface area contributed by atoms with Gasteiger partial charge >= 0.3 is 0 Å². The Morgan fingerprint density at radius 1 is 1.24 bits per heavy atom. The molecule has 0 radical (unpaired) electrons. The molecule has 1 aliphatic carbocycles. The van der Waals surface area contributed by atoms with Crippen molar-refractivity contribution >= 4 is 5.69 Å². The Bertz CT molecular complexity index is 447. The maximum atomic E-state index is 14.4. The zero-order valence-electron chi connectivity index (χ0n) is 13.3. The molecular formula is C17H26F2N2. The summed E-state index contributed by atoms with van der Waals surface area (Å²) in [6.45, 7) is 8.28. The molecule has 0 amide bonds. The molecule has 1 aromatic carbocycles. The quantitative estimate of drug-likeness (QED) is 0.727. The third-order valence-electron chi connectivity index (χ3n) is 3.67. The largest absolute Gasteiger partial charge is 0.364 e. The van der Waals surface area contributed by atoms with Gasteiger partial charge in [0.25, 0.3) is 0 Å². The molecule has 2 nitrogen and oxygen atoms in total. The highest BCUT2D eigenvalue weighted by Gasteiger charge is 2.32. The van der Waals surface area contributed by atoms with Gasteiger partial charge in [-0.05, 0) is 49.4 Å². The van der Waals surface area contributed by atoms with E-state index in [1.54, 1.807) is 0 Å². The number of hydrogen-bond donors (Lipinski definition) is 1. The van der Waals surface area contributed by atoms with Crippen LogP contribution in [0.25, 0.3) is 0 Å². The maximum Gasteiger partial charge on any atom is 0.149 e. The number of rotatable bonds is 8. The molecule has 0 aliphatic heterocycles. The van der Waals surface area contributed by atoms with Crippen molar-refractivity contribution in [2.75, 3.05) is 18.0 Å². The monoisotopic (exact) mass is 296 g/mol. The van der Waals surface area contributed by atoms with Crippen LogP contribution in [0.3, 0.4) is 0 Å². The van der Waals surface area contributed by atoms with E-state index in [2.05, 4.69) is 26.1 Å². The average molecular weight is 296 g/mol. The molecule has 0 spiro atoms. The number of nitrogens with zero attached hydrogens (tertiary/aromatic N) is 1. The van der Waals surface area contributed by atoms with Crippen LogP contribution in [-0.4, -0.2) is 19.1 Å². The summed E-state index contributed by atoms with van der Waals surface area (Å²) in [7, 11) is 0. The minimum atomic E-state index is -0.434. The Morgan fingerprint density at radius 2 is 1.86 bits per heavy atom. The number of benzene rings is 1. The Balaban J connectivity index is 2.18. The molecule has 1 saturated carbocycles. The van der Waals surface area contributed by atoms with E-state index in [0.717, 1.165) is 25.8 Å². The van der Waals surface area contributed by atoms with Crippen molar-refractivity contribution in [3.63, 3.8) is 0 Å². The van der Waals surface area contributed by atoms with E-state index in [0.29, 0.717) is 30.6 Å². The zero-order valence-corrected chi connectivity index (χ0v) is 13.3. The second-order valence-electron chi connectivity index (χ2n) is 6.36. The maximum absolute atomic E-state index is 14.4. The fraction of sp³-hybridized carbons (Fsp3) is 0.647. The second-order valence-corrected chi connectivity index (χ2v) is 6.36. The van der Waals surface area contributed by atoms with Crippen molar-refractivity contribution < 1.29 is 8.78 Å². The molecule has 0 saturated heterocycles. The van der Waals surface area contributed by atoms with Gasteiger partial charge < -0.3 is 10.2 Å². The predicted molar refractivity (Wildman–Crippen MR) is 83.6 cm³/mol. The third-order valence-corrected chi connectivity index (χ3v) is 3.67. The van der Waals surface area contributed by atoms with E-state index < -0.39 is 11.6 Å². The van der Waals surface area contributed by atoms with Gasteiger partial charge in [0.1, 0.15) is 17.3 Å². The van der Waals surface area contributed by atoms with E-state index in [1.165, 1.54) is 12.1 Å². The van der Waals surface area contributed by atoms with E-state index in [9.17, 15) is 8.78 Å². The fourth-order valence-electron chi connectivity index (χ4n) is 2.61. The summed E-state index contributed by atoms with van der Waals surface area (Å²) in [6, 6.07) is 3.24. The lowest BCUT2D eigenvalue weighted by Crippen LogP contribution is -2.31. The van der Waals surface area contributed by atoms with Gasteiger partial charge in [-0.25, -0.2) is 8.78 Å². The molecule has 118 valence electrons. The standard InChI is InChI=1S/C17H26F2N2/c1-4-7-20-10-13-8-15(18)17(16(19)9-13)21(11-12(2)3)14-5-6-14/h8-9,12,14,20H,4-7,10-11H2,1-3H3. The molecule has 0 unspecified atom stereocenters. The summed E-state index contributed by atoms with van der Waals surface area (Å²) < 4.78 is 28.8. The summed E-state index contributed by atoms with van der Waals surface area (Å²) in [5, 5.41) is 3.17. The minimum Gasteiger partial charge on any atom is -0.364 e. The Labute approximate surface area is 126 Å². The van der Waals surface area contributed by atoms with Crippen LogP contribution in [-0.2, 0) is 6.54 Å². The summed E-state index contributed by atoms with van der Waals surface area (Å²) >= 11 is 0. The van der Waals surface area contributed by atoms with Crippen LogP contribution in [0.15, 0.2) is 12.1 Å². The molecule has 0 heterocycles. The predicted octanol–water partition coefficient (Wildman–Crippen LogP) is 4.09. The van der Waals surface area contributed by atoms with Gasteiger partial charge in [-0.2, -0.15) is 0 Å². The normalized spacial score (nSPS) is 14.8. The van der Waals surface area contributed by atoms with E-state index >= 15 is 0 Å². The first-order chi connectivity index (χ1) is 10.0. The lowest BCUT2D eigenvalue weighted by molar-refractivity contribution is 0.541. The summed E-state index contributed by atoms with van der Waals surface area (Å²) in [5.74, 6) is -0.484. The smallest absolute Gasteiger partial charge is 0.149 e. The SMILES string of the molecule is CCCNCc1cc(F)c(N(CC(C)C)C2CC2)c(F)c1. The van der Waals surface area contributed by atoms with Crippen molar-refractivity contribution in [3.8, 4) is 0 Å². The summed E-state index contributed by atoms with van der Waals surface area (Å²) in [5.41, 5.74) is 0.827. The first-order valence-corrected chi connectivity index (χ1v) is 7.98. The number of anilines is 1. The van der Waals surface area contributed by atoms with Crippen LogP contribution >= 0.6 is 0 Å². The Morgan fingerprint density at radius 3 is 2.33 bits per heavy atom. The van der Waals surface area contributed by atoms with Crippen LogP contribution in [0.1, 0.15) is 45.6 Å². The van der Waals surface area contributed by atoms with Gasteiger partial charge in [0.2, 0.25) is 0 Å². The molecule has 0 bridgehead atoms. The van der Waals surface area contributed by atoms with Crippen molar-refractivity contribution in [1.82, 2.24) is 5.32 Å². The second kappa shape index (κ2) is 7.21. The molecule has 0 atom stereocenters. The van der Waals surface area contributed by atoms with Gasteiger partial charge in [0, 0.05) is 19.1 Å². The molecule has 2 rings (SSSR count).